The lowest BCUT2D eigenvalue weighted by molar-refractivity contribution is -0.139. The minimum atomic E-state index is -0.127. The van der Waals surface area contributed by atoms with Crippen LogP contribution in [0.4, 0.5) is 0 Å². The molecule has 0 radical (unpaired) electrons. The Bertz CT molecular complexity index is 555. The SMILES string of the molecule is CCN(CC)C(=O)CN(Cc1ccc2c(c1)OCO2)C(C)=O. The van der Waals surface area contributed by atoms with E-state index in [0.717, 1.165) is 5.56 Å². The second-order valence-electron chi connectivity index (χ2n) is 5.13. The predicted molar refractivity (Wildman–Crippen MR) is 81.6 cm³/mol. The predicted octanol–water partition coefficient (Wildman–Crippen LogP) is 1.63. The maximum absolute atomic E-state index is 12.2. The van der Waals surface area contributed by atoms with Gasteiger partial charge in [0.2, 0.25) is 18.6 Å². The minimum absolute atomic E-state index is 0.0408. The molecule has 2 amide bonds. The van der Waals surface area contributed by atoms with Gasteiger partial charge in [0.15, 0.2) is 11.5 Å². The Hall–Kier alpha value is -2.24. The molecule has 6 heteroatoms. The maximum Gasteiger partial charge on any atom is 0.242 e. The lowest BCUT2D eigenvalue weighted by Gasteiger charge is -2.25. The molecule has 0 N–H and O–H groups in total. The van der Waals surface area contributed by atoms with Gasteiger partial charge in [0, 0.05) is 26.6 Å². The van der Waals surface area contributed by atoms with Crippen molar-refractivity contribution in [2.45, 2.75) is 27.3 Å². The van der Waals surface area contributed by atoms with Crippen LogP contribution in [0, 0.1) is 0 Å². The highest BCUT2D eigenvalue weighted by molar-refractivity contribution is 5.83. The molecule has 0 unspecified atom stereocenters. The average molecular weight is 306 g/mol. The molecule has 0 spiro atoms. The number of benzene rings is 1. The van der Waals surface area contributed by atoms with Crippen LogP contribution in [0.25, 0.3) is 0 Å². The number of carbonyl (C=O) groups excluding carboxylic acids is 2. The van der Waals surface area contributed by atoms with E-state index >= 15 is 0 Å². The molecular formula is C16H22N2O4. The van der Waals surface area contributed by atoms with Gasteiger partial charge in [-0.25, -0.2) is 0 Å². The lowest BCUT2D eigenvalue weighted by Crippen LogP contribution is -2.41. The number of rotatable bonds is 6. The van der Waals surface area contributed by atoms with Gasteiger partial charge in [0.1, 0.15) is 6.54 Å². The summed E-state index contributed by atoms with van der Waals surface area (Å²) < 4.78 is 10.6. The summed E-state index contributed by atoms with van der Waals surface area (Å²) in [7, 11) is 0. The number of hydrogen-bond acceptors (Lipinski definition) is 4. The Morgan fingerprint density at radius 3 is 2.41 bits per heavy atom. The molecule has 120 valence electrons. The van der Waals surface area contributed by atoms with E-state index in [2.05, 4.69) is 0 Å². The average Bonchev–Trinajstić information content (AvgIpc) is 2.95. The zero-order valence-electron chi connectivity index (χ0n) is 13.3. The molecule has 1 aromatic rings. The first-order valence-electron chi connectivity index (χ1n) is 7.47. The topological polar surface area (TPSA) is 59.1 Å². The molecule has 22 heavy (non-hydrogen) atoms. The van der Waals surface area contributed by atoms with Crippen molar-refractivity contribution in [1.82, 2.24) is 9.80 Å². The third-order valence-corrected chi connectivity index (χ3v) is 3.70. The number of hydrogen-bond donors (Lipinski definition) is 0. The van der Waals surface area contributed by atoms with Crippen molar-refractivity contribution < 1.29 is 19.1 Å². The molecule has 1 aliphatic heterocycles. The summed E-state index contributed by atoms with van der Waals surface area (Å²) in [6.45, 7) is 7.30. The molecule has 0 aromatic heterocycles. The highest BCUT2D eigenvalue weighted by Crippen LogP contribution is 2.32. The number of amides is 2. The van der Waals surface area contributed by atoms with Gasteiger partial charge in [-0.15, -0.1) is 0 Å². The monoisotopic (exact) mass is 306 g/mol. The molecule has 0 fully saturated rings. The Morgan fingerprint density at radius 2 is 1.77 bits per heavy atom. The maximum atomic E-state index is 12.2. The molecule has 2 rings (SSSR count). The van der Waals surface area contributed by atoms with Crippen LogP contribution in [0.3, 0.4) is 0 Å². The summed E-state index contributed by atoms with van der Waals surface area (Å²) in [6.07, 6.45) is 0. The van der Waals surface area contributed by atoms with Crippen molar-refractivity contribution in [3.8, 4) is 11.5 Å². The van der Waals surface area contributed by atoms with Gasteiger partial charge < -0.3 is 19.3 Å². The van der Waals surface area contributed by atoms with Crippen molar-refractivity contribution in [3.05, 3.63) is 23.8 Å². The van der Waals surface area contributed by atoms with Crippen molar-refractivity contribution in [1.29, 1.82) is 0 Å². The van der Waals surface area contributed by atoms with Gasteiger partial charge in [-0.05, 0) is 31.5 Å². The Kier molecular flexibility index (Phi) is 5.25. The standard InChI is InChI=1S/C16H22N2O4/c1-4-17(5-2)16(20)10-18(12(3)19)9-13-6-7-14-15(8-13)22-11-21-14/h6-8H,4-5,9-11H2,1-3H3. The zero-order chi connectivity index (χ0) is 16.1. The second-order valence-corrected chi connectivity index (χ2v) is 5.13. The molecule has 0 saturated carbocycles. The van der Waals surface area contributed by atoms with E-state index in [0.29, 0.717) is 31.1 Å². The normalized spacial score (nSPS) is 12.1. The molecule has 1 aromatic carbocycles. The van der Waals surface area contributed by atoms with Gasteiger partial charge in [-0.1, -0.05) is 6.07 Å². The van der Waals surface area contributed by atoms with Crippen LogP contribution in [-0.4, -0.2) is 48.0 Å². The largest absolute Gasteiger partial charge is 0.454 e. The summed E-state index contributed by atoms with van der Waals surface area (Å²) >= 11 is 0. The van der Waals surface area contributed by atoms with Gasteiger partial charge in [0.25, 0.3) is 0 Å². The summed E-state index contributed by atoms with van der Waals surface area (Å²) in [5.41, 5.74) is 0.909. The summed E-state index contributed by atoms with van der Waals surface area (Å²) in [5, 5.41) is 0. The van der Waals surface area contributed by atoms with E-state index in [1.54, 1.807) is 4.90 Å². The van der Waals surface area contributed by atoms with Gasteiger partial charge >= 0.3 is 0 Å². The van der Waals surface area contributed by atoms with Crippen LogP contribution in [0.5, 0.6) is 11.5 Å². The lowest BCUT2D eigenvalue weighted by atomic mass is 10.2. The van der Waals surface area contributed by atoms with E-state index < -0.39 is 0 Å². The molecule has 6 nitrogen and oxygen atoms in total. The Morgan fingerprint density at radius 1 is 1.09 bits per heavy atom. The van der Waals surface area contributed by atoms with E-state index in [-0.39, 0.29) is 25.2 Å². The van der Waals surface area contributed by atoms with E-state index in [9.17, 15) is 9.59 Å². The van der Waals surface area contributed by atoms with Gasteiger partial charge in [-0.2, -0.15) is 0 Å². The number of likely N-dealkylation sites (N-methyl/N-ethyl adjacent to an activating group) is 1. The van der Waals surface area contributed by atoms with Crippen molar-refractivity contribution in [3.63, 3.8) is 0 Å². The van der Waals surface area contributed by atoms with Gasteiger partial charge in [-0.3, -0.25) is 9.59 Å². The highest BCUT2D eigenvalue weighted by atomic mass is 16.7. The van der Waals surface area contributed by atoms with Crippen LogP contribution in [0.15, 0.2) is 18.2 Å². The number of ether oxygens (including phenoxy) is 2. The van der Waals surface area contributed by atoms with Crippen LogP contribution in [-0.2, 0) is 16.1 Å². The molecule has 1 aliphatic rings. The minimum Gasteiger partial charge on any atom is -0.454 e. The fourth-order valence-corrected chi connectivity index (χ4v) is 2.38. The van der Waals surface area contributed by atoms with E-state index in [4.69, 9.17) is 9.47 Å². The molecule has 0 aliphatic carbocycles. The first kappa shape index (κ1) is 16.1. The number of fused-ring (bicyclic) bond motifs is 1. The molecule has 0 saturated heterocycles. The first-order valence-corrected chi connectivity index (χ1v) is 7.47. The third-order valence-electron chi connectivity index (χ3n) is 3.70. The summed E-state index contributed by atoms with van der Waals surface area (Å²) in [6, 6.07) is 5.55. The van der Waals surface area contributed by atoms with Crippen LogP contribution in [0.2, 0.25) is 0 Å². The van der Waals surface area contributed by atoms with E-state index in [1.807, 2.05) is 32.0 Å². The van der Waals surface area contributed by atoms with E-state index in [1.165, 1.54) is 11.8 Å². The van der Waals surface area contributed by atoms with Crippen LogP contribution >= 0.6 is 0 Å². The molecule has 1 heterocycles. The van der Waals surface area contributed by atoms with Crippen molar-refractivity contribution in [2.75, 3.05) is 26.4 Å². The molecular weight excluding hydrogens is 284 g/mol. The fraction of sp³-hybridized carbons (Fsp3) is 0.500. The zero-order valence-corrected chi connectivity index (χ0v) is 13.3. The number of nitrogens with zero attached hydrogens (tertiary/aromatic N) is 2. The Balaban J connectivity index is 2.06. The van der Waals surface area contributed by atoms with Gasteiger partial charge in [0.05, 0.1) is 0 Å². The summed E-state index contributed by atoms with van der Waals surface area (Å²) in [4.78, 5) is 27.3. The smallest absolute Gasteiger partial charge is 0.242 e. The van der Waals surface area contributed by atoms with Crippen molar-refractivity contribution in [2.24, 2.45) is 0 Å². The third kappa shape index (κ3) is 3.69. The molecule has 0 atom stereocenters. The second kappa shape index (κ2) is 7.15. The summed E-state index contributed by atoms with van der Waals surface area (Å²) in [5.74, 6) is 1.22. The van der Waals surface area contributed by atoms with Crippen molar-refractivity contribution >= 4 is 11.8 Å². The van der Waals surface area contributed by atoms with Crippen LogP contribution in [0.1, 0.15) is 26.3 Å². The highest BCUT2D eigenvalue weighted by Gasteiger charge is 2.19. The molecule has 0 bridgehead atoms. The number of carbonyl (C=O) groups is 2. The quantitative estimate of drug-likeness (QED) is 0.801. The first-order chi connectivity index (χ1) is 10.5. The Labute approximate surface area is 130 Å². The fourth-order valence-electron chi connectivity index (χ4n) is 2.38. The van der Waals surface area contributed by atoms with Crippen LogP contribution < -0.4 is 9.47 Å².